The first-order valence-corrected chi connectivity index (χ1v) is 9.31. The summed E-state index contributed by atoms with van der Waals surface area (Å²) in [4.78, 5) is 0. The van der Waals surface area contributed by atoms with Gasteiger partial charge in [0.1, 0.15) is 11.5 Å². The van der Waals surface area contributed by atoms with Gasteiger partial charge in [0.25, 0.3) is 0 Å². The van der Waals surface area contributed by atoms with Crippen molar-refractivity contribution in [3.8, 4) is 11.5 Å². The fourth-order valence-corrected chi connectivity index (χ4v) is 4.20. The van der Waals surface area contributed by atoms with E-state index in [1.165, 1.54) is 11.1 Å². The summed E-state index contributed by atoms with van der Waals surface area (Å²) in [5.74, 6) is 1.76. The molecule has 0 spiro atoms. The van der Waals surface area contributed by atoms with E-state index < -0.39 is 0 Å². The SMILES string of the molecule is C=CCC(SC(CC=C)c1ccc(OC)cc1)c1ccc(OC)cc1. The van der Waals surface area contributed by atoms with Crippen LogP contribution in [0.3, 0.4) is 0 Å². The van der Waals surface area contributed by atoms with Gasteiger partial charge < -0.3 is 9.47 Å². The van der Waals surface area contributed by atoms with Crippen molar-refractivity contribution in [2.24, 2.45) is 0 Å². The lowest BCUT2D eigenvalue weighted by Crippen LogP contribution is -2.00. The van der Waals surface area contributed by atoms with Gasteiger partial charge in [0, 0.05) is 10.5 Å². The predicted molar refractivity (Wildman–Crippen MR) is 109 cm³/mol. The zero-order valence-corrected chi connectivity index (χ0v) is 15.8. The van der Waals surface area contributed by atoms with Crippen molar-refractivity contribution in [2.45, 2.75) is 23.3 Å². The minimum absolute atomic E-state index is 0.343. The van der Waals surface area contributed by atoms with Gasteiger partial charge in [-0.15, -0.1) is 24.9 Å². The van der Waals surface area contributed by atoms with Gasteiger partial charge in [0.2, 0.25) is 0 Å². The van der Waals surface area contributed by atoms with E-state index in [1.807, 2.05) is 48.2 Å². The molecule has 0 heterocycles. The third-order valence-electron chi connectivity index (χ3n) is 4.07. The Labute approximate surface area is 155 Å². The summed E-state index contributed by atoms with van der Waals surface area (Å²) >= 11 is 1.95. The third-order valence-corrected chi connectivity index (χ3v) is 5.65. The molecule has 0 amide bonds. The van der Waals surface area contributed by atoms with Crippen molar-refractivity contribution in [3.05, 3.63) is 85.0 Å². The number of allylic oxidation sites excluding steroid dienone is 2. The Kier molecular flexibility index (Phi) is 7.68. The van der Waals surface area contributed by atoms with Gasteiger partial charge in [0.05, 0.1) is 14.2 Å². The smallest absolute Gasteiger partial charge is 0.118 e. The monoisotopic (exact) mass is 354 g/mol. The molecule has 132 valence electrons. The highest BCUT2D eigenvalue weighted by Crippen LogP contribution is 2.45. The molecule has 0 fully saturated rings. The van der Waals surface area contributed by atoms with Crippen molar-refractivity contribution >= 4 is 11.8 Å². The van der Waals surface area contributed by atoms with E-state index in [2.05, 4.69) is 37.4 Å². The van der Waals surface area contributed by atoms with Gasteiger partial charge >= 0.3 is 0 Å². The first-order valence-electron chi connectivity index (χ1n) is 8.37. The quantitative estimate of drug-likeness (QED) is 0.462. The Hall–Kier alpha value is -2.13. The Bertz CT molecular complexity index is 602. The zero-order valence-electron chi connectivity index (χ0n) is 15.0. The summed E-state index contributed by atoms with van der Waals surface area (Å²) in [6.45, 7) is 7.87. The van der Waals surface area contributed by atoms with E-state index in [1.54, 1.807) is 14.2 Å². The molecule has 0 radical (unpaired) electrons. The summed E-state index contributed by atoms with van der Waals surface area (Å²) in [6.07, 6.45) is 5.81. The Morgan fingerprint density at radius 3 is 1.40 bits per heavy atom. The van der Waals surface area contributed by atoms with Gasteiger partial charge in [-0.3, -0.25) is 0 Å². The van der Waals surface area contributed by atoms with Crippen molar-refractivity contribution in [1.29, 1.82) is 0 Å². The minimum Gasteiger partial charge on any atom is -0.497 e. The molecular weight excluding hydrogens is 328 g/mol. The Balaban J connectivity index is 2.22. The van der Waals surface area contributed by atoms with Crippen LogP contribution in [0.1, 0.15) is 34.5 Å². The summed E-state index contributed by atoms with van der Waals surface area (Å²) in [6, 6.07) is 16.6. The topological polar surface area (TPSA) is 18.5 Å². The van der Waals surface area contributed by atoms with Gasteiger partial charge in [-0.2, -0.15) is 0 Å². The van der Waals surface area contributed by atoms with E-state index in [0.29, 0.717) is 10.5 Å². The summed E-state index contributed by atoms with van der Waals surface area (Å²) in [5.41, 5.74) is 2.57. The van der Waals surface area contributed by atoms with Crippen LogP contribution in [-0.4, -0.2) is 14.2 Å². The maximum Gasteiger partial charge on any atom is 0.118 e. The number of ether oxygens (including phenoxy) is 2. The summed E-state index contributed by atoms with van der Waals surface area (Å²) in [7, 11) is 3.38. The largest absolute Gasteiger partial charge is 0.497 e. The average molecular weight is 355 g/mol. The maximum absolute atomic E-state index is 5.27. The molecule has 0 N–H and O–H groups in total. The lowest BCUT2D eigenvalue weighted by Gasteiger charge is -2.23. The zero-order chi connectivity index (χ0) is 18.1. The van der Waals surface area contributed by atoms with Gasteiger partial charge in [-0.1, -0.05) is 36.4 Å². The Morgan fingerprint density at radius 2 is 1.12 bits per heavy atom. The van der Waals surface area contributed by atoms with E-state index in [0.717, 1.165) is 24.3 Å². The maximum atomic E-state index is 5.27. The summed E-state index contributed by atoms with van der Waals surface area (Å²) in [5, 5.41) is 0.686. The fourth-order valence-electron chi connectivity index (χ4n) is 2.68. The van der Waals surface area contributed by atoms with Crippen LogP contribution in [0.15, 0.2) is 73.8 Å². The van der Waals surface area contributed by atoms with Crippen molar-refractivity contribution in [1.82, 2.24) is 0 Å². The summed E-state index contributed by atoms with van der Waals surface area (Å²) < 4.78 is 10.5. The molecule has 3 heteroatoms. The molecule has 2 aromatic rings. The average Bonchev–Trinajstić information content (AvgIpc) is 2.67. The van der Waals surface area contributed by atoms with Gasteiger partial charge in [0.15, 0.2) is 0 Å². The van der Waals surface area contributed by atoms with Crippen molar-refractivity contribution in [2.75, 3.05) is 14.2 Å². The van der Waals surface area contributed by atoms with E-state index in [-0.39, 0.29) is 0 Å². The highest BCUT2D eigenvalue weighted by molar-refractivity contribution is 7.99. The second-order valence-electron chi connectivity index (χ2n) is 5.71. The number of thioether (sulfide) groups is 1. The number of benzene rings is 2. The molecule has 0 aliphatic carbocycles. The molecule has 2 nitrogen and oxygen atoms in total. The fraction of sp³-hybridized carbons (Fsp3) is 0.273. The van der Waals surface area contributed by atoms with Crippen molar-refractivity contribution < 1.29 is 9.47 Å². The molecule has 0 aliphatic rings. The van der Waals surface area contributed by atoms with Crippen LogP contribution in [0.25, 0.3) is 0 Å². The molecular formula is C22H26O2S. The van der Waals surface area contributed by atoms with E-state index in [9.17, 15) is 0 Å². The van der Waals surface area contributed by atoms with Crippen LogP contribution in [0.4, 0.5) is 0 Å². The normalized spacial score (nSPS) is 12.9. The lowest BCUT2D eigenvalue weighted by atomic mass is 10.1. The Morgan fingerprint density at radius 1 is 0.760 bits per heavy atom. The molecule has 2 atom stereocenters. The highest BCUT2D eigenvalue weighted by Gasteiger charge is 2.19. The predicted octanol–water partition coefficient (Wildman–Crippen LogP) is 6.37. The second-order valence-corrected chi connectivity index (χ2v) is 7.12. The van der Waals surface area contributed by atoms with Crippen LogP contribution in [0, 0.1) is 0 Å². The van der Waals surface area contributed by atoms with Crippen molar-refractivity contribution in [3.63, 3.8) is 0 Å². The third kappa shape index (κ3) is 5.43. The molecule has 2 unspecified atom stereocenters. The van der Waals surface area contributed by atoms with Crippen LogP contribution >= 0.6 is 11.8 Å². The van der Waals surface area contributed by atoms with Crippen LogP contribution < -0.4 is 9.47 Å². The van der Waals surface area contributed by atoms with E-state index in [4.69, 9.17) is 9.47 Å². The second kappa shape index (κ2) is 10.00. The molecule has 0 aliphatic heterocycles. The van der Waals surface area contributed by atoms with Gasteiger partial charge in [-0.05, 0) is 48.2 Å². The number of hydrogen-bond acceptors (Lipinski definition) is 3. The number of hydrogen-bond donors (Lipinski definition) is 0. The molecule has 0 aromatic heterocycles. The molecule has 0 bridgehead atoms. The van der Waals surface area contributed by atoms with Crippen LogP contribution in [0.2, 0.25) is 0 Å². The molecule has 2 rings (SSSR count). The highest BCUT2D eigenvalue weighted by atomic mass is 32.2. The molecule has 2 aromatic carbocycles. The van der Waals surface area contributed by atoms with E-state index >= 15 is 0 Å². The molecule has 0 saturated carbocycles. The van der Waals surface area contributed by atoms with Crippen LogP contribution in [-0.2, 0) is 0 Å². The van der Waals surface area contributed by atoms with Crippen LogP contribution in [0.5, 0.6) is 11.5 Å². The lowest BCUT2D eigenvalue weighted by molar-refractivity contribution is 0.414. The molecule has 0 saturated heterocycles. The number of methoxy groups -OCH3 is 2. The molecule has 25 heavy (non-hydrogen) atoms. The first-order chi connectivity index (χ1) is 12.2. The minimum atomic E-state index is 0.343. The first kappa shape index (κ1) is 19.2. The number of rotatable bonds is 10. The van der Waals surface area contributed by atoms with Gasteiger partial charge in [-0.25, -0.2) is 0 Å². The standard InChI is InChI=1S/C22H26O2S/c1-5-7-21(17-9-13-19(23-3)14-10-17)25-22(8-6-2)18-11-15-20(24-4)16-12-18/h5-6,9-16,21-22H,1-2,7-8H2,3-4H3.